The monoisotopic (exact) mass is 488 g/mol. The number of ether oxygens (including phenoxy) is 2. The number of hydrogen-bond donors (Lipinski definition) is 0. The highest BCUT2D eigenvalue weighted by molar-refractivity contribution is 5.77. The molecule has 184 valence electrons. The molecule has 0 radical (unpaired) electrons. The zero-order chi connectivity index (χ0) is 25.3. The van der Waals surface area contributed by atoms with Crippen LogP contribution in [0.2, 0.25) is 0 Å². The smallest absolute Gasteiger partial charge is 0.416 e. The van der Waals surface area contributed by atoms with E-state index < -0.39 is 23.5 Å². The highest BCUT2D eigenvalue weighted by Crippen LogP contribution is 2.49. The molecule has 0 amide bonds. The molecule has 34 heavy (non-hydrogen) atoms. The van der Waals surface area contributed by atoms with Crippen molar-refractivity contribution in [3.05, 3.63) is 70.8 Å². The van der Waals surface area contributed by atoms with E-state index in [1.54, 1.807) is 0 Å². The third kappa shape index (κ3) is 6.09. The standard InChI is InChI=1S/2C12H11F3O2/c2*1-17-11(16)10-6-9(10)7-2-4-8(5-3-7)12(13,14)15/h2*2-5,9-10H,6H2,1H3. The van der Waals surface area contributed by atoms with Crippen LogP contribution in [0.4, 0.5) is 26.3 Å². The van der Waals surface area contributed by atoms with Crippen molar-refractivity contribution in [1.82, 2.24) is 0 Å². The van der Waals surface area contributed by atoms with E-state index in [1.807, 2.05) is 0 Å². The summed E-state index contributed by atoms with van der Waals surface area (Å²) in [5.41, 5.74) is 0.176. The fourth-order valence-electron chi connectivity index (χ4n) is 3.79. The average Bonchev–Trinajstić information content (AvgIpc) is 3.71. The Kier molecular flexibility index (Phi) is 7.28. The lowest BCUT2D eigenvalue weighted by Crippen LogP contribution is -2.05. The predicted molar refractivity (Wildman–Crippen MR) is 109 cm³/mol. The fraction of sp³-hybridized carbons (Fsp3) is 0.417. The Labute approximate surface area is 191 Å². The molecule has 2 aromatic rings. The number of benzene rings is 2. The van der Waals surface area contributed by atoms with Gasteiger partial charge in [-0.25, -0.2) is 0 Å². The number of rotatable bonds is 4. The van der Waals surface area contributed by atoms with Crippen LogP contribution in [0.1, 0.15) is 46.9 Å². The minimum absolute atomic E-state index is 0.00438. The number of alkyl halides is 6. The molecule has 4 rings (SSSR count). The molecule has 2 saturated carbocycles. The van der Waals surface area contributed by atoms with Crippen LogP contribution in [0.15, 0.2) is 48.5 Å². The topological polar surface area (TPSA) is 52.6 Å². The van der Waals surface area contributed by atoms with Gasteiger partial charge < -0.3 is 9.47 Å². The lowest BCUT2D eigenvalue weighted by molar-refractivity contribution is -0.143. The van der Waals surface area contributed by atoms with Crippen molar-refractivity contribution >= 4 is 11.9 Å². The summed E-state index contributed by atoms with van der Waals surface area (Å²) < 4.78 is 83.1. The summed E-state index contributed by atoms with van der Waals surface area (Å²) in [7, 11) is 2.62. The molecule has 0 spiro atoms. The van der Waals surface area contributed by atoms with Crippen LogP contribution in [0, 0.1) is 11.8 Å². The minimum atomic E-state index is -4.32. The van der Waals surface area contributed by atoms with Crippen molar-refractivity contribution < 1.29 is 45.4 Å². The van der Waals surface area contributed by atoms with Crippen LogP contribution in [-0.2, 0) is 31.4 Å². The third-order valence-electron chi connectivity index (χ3n) is 5.92. The fourth-order valence-corrected chi connectivity index (χ4v) is 3.79. The van der Waals surface area contributed by atoms with E-state index in [-0.39, 0.29) is 35.6 Å². The Balaban J connectivity index is 0.000000191. The van der Waals surface area contributed by atoms with Crippen LogP contribution in [0.25, 0.3) is 0 Å². The number of carbonyl (C=O) groups excluding carboxylic acids is 2. The lowest BCUT2D eigenvalue weighted by Gasteiger charge is -2.07. The SMILES string of the molecule is COC(=O)C1CC1c1ccc(C(F)(F)F)cc1.COC(=O)C1CC1c1ccc(C(F)(F)F)cc1. The highest BCUT2D eigenvalue weighted by Gasteiger charge is 2.46. The molecule has 0 bridgehead atoms. The summed E-state index contributed by atoms with van der Waals surface area (Å²) in [6.07, 6.45) is -7.33. The molecule has 0 N–H and O–H groups in total. The van der Waals surface area contributed by atoms with Crippen molar-refractivity contribution in [2.45, 2.75) is 37.0 Å². The van der Waals surface area contributed by atoms with Crippen molar-refractivity contribution in [2.24, 2.45) is 11.8 Å². The van der Waals surface area contributed by atoms with Crippen LogP contribution in [0.5, 0.6) is 0 Å². The van der Waals surface area contributed by atoms with Crippen molar-refractivity contribution in [2.75, 3.05) is 14.2 Å². The quantitative estimate of drug-likeness (QED) is 0.394. The minimum Gasteiger partial charge on any atom is -0.469 e. The van der Waals surface area contributed by atoms with Gasteiger partial charge in [0.25, 0.3) is 0 Å². The maximum absolute atomic E-state index is 12.3. The van der Waals surface area contributed by atoms with Gasteiger partial charge in [-0.3, -0.25) is 9.59 Å². The van der Waals surface area contributed by atoms with Gasteiger partial charge in [0.1, 0.15) is 0 Å². The van der Waals surface area contributed by atoms with Gasteiger partial charge in [0.2, 0.25) is 0 Å². The van der Waals surface area contributed by atoms with E-state index in [0.717, 1.165) is 35.4 Å². The molecule has 0 aromatic heterocycles. The third-order valence-corrected chi connectivity index (χ3v) is 5.92. The van der Waals surface area contributed by atoms with E-state index in [0.29, 0.717) is 12.8 Å². The van der Waals surface area contributed by atoms with Gasteiger partial charge in [-0.15, -0.1) is 0 Å². The average molecular weight is 488 g/mol. The summed E-state index contributed by atoms with van der Waals surface area (Å²) in [5, 5.41) is 0. The molecule has 2 aliphatic carbocycles. The Hall–Kier alpha value is -3.04. The summed E-state index contributed by atoms with van der Waals surface area (Å²) in [5.74, 6) is -0.979. The van der Waals surface area contributed by atoms with E-state index in [9.17, 15) is 35.9 Å². The molecule has 2 fully saturated rings. The number of esters is 2. The number of halogens is 6. The van der Waals surface area contributed by atoms with Crippen LogP contribution in [-0.4, -0.2) is 26.2 Å². The normalized spacial score (nSPS) is 23.3. The molecule has 4 atom stereocenters. The Morgan fingerprint density at radius 3 is 1.18 bits per heavy atom. The molecular weight excluding hydrogens is 466 g/mol. The van der Waals surface area contributed by atoms with Crippen LogP contribution in [0.3, 0.4) is 0 Å². The number of carbonyl (C=O) groups is 2. The Morgan fingerprint density at radius 1 is 0.647 bits per heavy atom. The van der Waals surface area contributed by atoms with Crippen LogP contribution < -0.4 is 0 Å². The molecule has 0 heterocycles. The molecular formula is C24H22F6O4. The van der Waals surface area contributed by atoms with E-state index in [1.165, 1.54) is 38.5 Å². The van der Waals surface area contributed by atoms with Gasteiger partial charge in [0.05, 0.1) is 37.2 Å². The van der Waals surface area contributed by atoms with Crippen molar-refractivity contribution in [3.63, 3.8) is 0 Å². The van der Waals surface area contributed by atoms with Crippen molar-refractivity contribution in [1.29, 1.82) is 0 Å². The first-order valence-corrected chi connectivity index (χ1v) is 10.4. The van der Waals surface area contributed by atoms with E-state index in [2.05, 4.69) is 9.47 Å². The van der Waals surface area contributed by atoms with Crippen LogP contribution >= 0.6 is 0 Å². The van der Waals surface area contributed by atoms with Gasteiger partial charge in [-0.05, 0) is 60.1 Å². The lowest BCUT2D eigenvalue weighted by atomic mass is 10.1. The zero-order valence-corrected chi connectivity index (χ0v) is 18.2. The highest BCUT2D eigenvalue weighted by atomic mass is 19.4. The van der Waals surface area contributed by atoms with E-state index in [4.69, 9.17) is 0 Å². The molecule has 4 nitrogen and oxygen atoms in total. The summed E-state index contributed by atoms with van der Waals surface area (Å²) in [6.45, 7) is 0. The second-order valence-corrected chi connectivity index (χ2v) is 8.18. The van der Waals surface area contributed by atoms with Gasteiger partial charge >= 0.3 is 24.3 Å². The maximum Gasteiger partial charge on any atom is 0.416 e. The molecule has 0 saturated heterocycles. The zero-order valence-electron chi connectivity index (χ0n) is 18.2. The first kappa shape index (κ1) is 25.6. The molecule has 2 aliphatic rings. The Bertz CT molecular complexity index is 928. The summed E-state index contributed by atoms with van der Waals surface area (Å²) >= 11 is 0. The molecule has 4 unspecified atom stereocenters. The Morgan fingerprint density at radius 2 is 0.941 bits per heavy atom. The first-order valence-electron chi connectivity index (χ1n) is 10.4. The largest absolute Gasteiger partial charge is 0.469 e. The van der Waals surface area contributed by atoms with Gasteiger partial charge in [0.15, 0.2) is 0 Å². The van der Waals surface area contributed by atoms with Gasteiger partial charge in [0, 0.05) is 0 Å². The maximum atomic E-state index is 12.3. The van der Waals surface area contributed by atoms with E-state index >= 15 is 0 Å². The number of methoxy groups -OCH3 is 2. The molecule has 0 aliphatic heterocycles. The molecule has 10 heteroatoms. The summed E-state index contributed by atoms with van der Waals surface area (Å²) in [6, 6.07) is 9.88. The van der Waals surface area contributed by atoms with Crippen molar-refractivity contribution in [3.8, 4) is 0 Å². The second-order valence-electron chi connectivity index (χ2n) is 8.18. The van der Waals surface area contributed by atoms with Gasteiger partial charge in [-0.1, -0.05) is 24.3 Å². The first-order chi connectivity index (χ1) is 15.9. The predicted octanol–water partition coefficient (Wildman–Crippen LogP) is 5.96. The number of hydrogen-bond acceptors (Lipinski definition) is 4. The molecule has 2 aromatic carbocycles. The summed E-state index contributed by atoms with van der Waals surface area (Å²) in [4.78, 5) is 22.4. The van der Waals surface area contributed by atoms with Gasteiger partial charge in [-0.2, -0.15) is 26.3 Å². The second kappa shape index (κ2) is 9.68.